The molecule has 0 aliphatic heterocycles. The molecule has 0 aliphatic rings. The van der Waals surface area contributed by atoms with Crippen LogP contribution in [0, 0.1) is 23.0 Å². The molecule has 0 fully saturated rings. The van der Waals surface area contributed by atoms with Crippen molar-refractivity contribution in [3.8, 4) is 0 Å². The zero-order valence-electron chi connectivity index (χ0n) is 11.6. The number of hydrogen-bond acceptors (Lipinski definition) is 4. The van der Waals surface area contributed by atoms with Crippen LogP contribution in [-0.4, -0.2) is 16.9 Å². The van der Waals surface area contributed by atoms with Crippen molar-refractivity contribution in [2.75, 3.05) is 5.32 Å². The molecule has 1 aromatic carbocycles. The van der Waals surface area contributed by atoms with Crippen LogP contribution in [-0.2, 0) is 4.79 Å². The van der Waals surface area contributed by atoms with Gasteiger partial charge in [-0.3, -0.25) is 14.9 Å². The molecule has 1 amide bonds. The van der Waals surface area contributed by atoms with E-state index in [4.69, 9.17) is 17.3 Å². The van der Waals surface area contributed by atoms with Gasteiger partial charge in [-0.25, -0.2) is 0 Å². The van der Waals surface area contributed by atoms with Crippen molar-refractivity contribution in [1.29, 1.82) is 0 Å². The van der Waals surface area contributed by atoms with Crippen molar-refractivity contribution in [1.82, 2.24) is 0 Å². The Balaban J connectivity index is 2.97. The fourth-order valence-electron chi connectivity index (χ4n) is 1.67. The third-order valence-electron chi connectivity index (χ3n) is 3.31. The smallest absolute Gasteiger partial charge is 0.288 e. The van der Waals surface area contributed by atoms with Crippen LogP contribution in [0.5, 0.6) is 0 Å². The van der Waals surface area contributed by atoms with Crippen molar-refractivity contribution in [3.63, 3.8) is 0 Å². The van der Waals surface area contributed by atoms with Crippen LogP contribution in [0.3, 0.4) is 0 Å². The minimum atomic E-state index is -0.631. The van der Waals surface area contributed by atoms with E-state index in [2.05, 4.69) is 5.32 Å². The predicted octanol–water partition coefficient (Wildman–Crippen LogP) is 2.87. The first-order valence-electron chi connectivity index (χ1n) is 6.28. The largest absolute Gasteiger partial charge is 0.324 e. The highest BCUT2D eigenvalue weighted by molar-refractivity contribution is 6.33. The molecule has 110 valence electrons. The average molecular weight is 300 g/mol. The molecule has 0 saturated carbocycles. The number of nitrogens with zero attached hydrogens (tertiary/aromatic N) is 1. The maximum atomic E-state index is 12.0. The van der Waals surface area contributed by atoms with Gasteiger partial charge in [0.25, 0.3) is 5.69 Å². The summed E-state index contributed by atoms with van der Waals surface area (Å²) < 4.78 is 0. The van der Waals surface area contributed by atoms with Gasteiger partial charge in [0, 0.05) is 11.8 Å². The number of rotatable bonds is 5. The summed E-state index contributed by atoms with van der Waals surface area (Å²) in [6, 6.07) is 2.07. The van der Waals surface area contributed by atoms with E-state index in [1.807, 2.05) is 13.8 Å². The number of hydrogen-bond donors (Lipinski definition) is 2. The fraction of sp³-hybridized carbons (Fsp3) is 0.462. The van der Waals surface area contributed by atoms with Crippen LogP contribution >= 0.6 is 11.6 Å². The number of anilines is 1. The van der Waals surface area contributed by atoms with Crippen LogP contribution in [0.2, 0.25) is 5.02 Å². The number of nitro groups is 1. The minimum absolute atomic E-state index is 0.0204. The van der Waals surface area contributed by atoms with E-state index >= 15 is 0 Å². The van der Waals surface area contributed by atoms with Crippen molar-refractivity contribution < 1.29 is 9.72 Å². The topological polar surface area (TPSA) is 98.3 Å². The summed E-state index contributed by atoms with van der Waals surface area (Å²) in [6.07, 6.45) is 0.786. The second-order valence-corrected chi connectivity index (χ2v) is 5.18. The normalized spacial score (nSPS) is 13.7. The molecule has 20 heavy (non-hydrogen) atoms. The quantitative estimate of drug-likeness (QED) is 0.645. The predicted molar refractivity (Wildman–Crippen MR) is 78.9 cm³/mol. The summed E-state index contributed by atoms with van der Waals surface area (Å²) in [7, 11) is 0. The summed E-state index contributed by atoms with van der Waals surface area (Å²) in [6.45, 7) is 5.50. The number of benzene rings is 1. The van der Waals surface area contributed by atoms with E-state index in [1.165, 1.54) is 12.1 Å². The van der Waals surface area contributed by atoms with Gasteiger partial charge in [-0.1, -0.05) is 31.9 Å². The van der Waals surface area contributed by atoms with E-state index in [9.17, 15) is 14.9 Å². The Morgan fingerprint density at radius 3 is 2.65 bits per heavy atom. The third-order valence-corrected chi connectivity index (χ3v) is 3.61. The van der Waals surface area contributed by atoms with Gasteiger partial charge >= 0.3 is 0 Å². The molecule has 2 atom stereocenters. The molecule has 0 saturated heterocycles. The van der Waals surface area contributed by atoms with Gasteiger partial charge in [-0.2, -0.15) is 0 Å². The fourth-order valence-corrected chi connectivity index (χ4v) is 1.90. The monoisotopic (exact) mass is 299 g/mol. The van der Waals surface area contributed by atoms with Crippen LogP contribution in [0.25, 0.3) is 0 Å². The Morgan fingerprint density at radius 1 is 1.55 bits per heavy atom. The molecule has 6 nitrogen and oxygen atoms in total. The van der Waals surface area contributed by atoms with Gasteiger partial charge in [0.15, 0.2) is 0 Å². The first-order chi connectivity index (χ1) is 9.27. The molecular formula is C13H18ClN3O3. The van der Waals surface area contributed by atoms with E-state index < -0.39 is 11.0 Å². The van der Waals surface area contributed by atoms with Crippen LogP contribution in [0.15, 0.2) is 12.1 Å². The van der Waals surface area contributed by atoms with Crippen LogP contribution in [0.1, 0.15) is 25.8 Å². The number of halogens is 1. The number of nitro benzene ring substituents is 1. The molecule has 0 heterocycles. The summed E-state index contributed by atoms with van der Waals surface area (Å²) in [5, 5.41) is 13.4. The van der Waals surface area contributed by atoms with Gasteiger partial charge in [-0.05, 0) is 24.5 Å². The molecule has 7 heteroatoms. The standard InChI is InChI=1S/C13H18ClN3O3/c1-4-7(2)12(15)13(18)16-10-6-9(14)11(17(19)20)5-8(10)3/h5-7,12H,4,15H2,1-3H3,(H,16,18)/t7-,12-/m0/s1. The third kappa shape index (κ3) is 3.68. The van der Waals surface area contributed by atoms with Crippen molar-refractivity contribution in [2.45, 2.75) is 33.2 Å². The SMILES string of the molecule is CC[C@H](C)[C@H](N)C(=O)Nc1cc(Cl)c([N+](=O)[O-])cc1C. The lowest BCUT2D eigenvalue weighted by molar-refractivity contribution is -0.384. The molecule has 0 spiro atoms. The average Bonchev–Trinajstić information content (AvgIpc) is 2.40. The highest BCUT2D eigenvalue weighted by Gasteiger charge is 2.21. The van der Waals surface area contributed by atoms with E-state index in [-0.39, 0.29) is 22.5 Å². The van der Waals surface area contributed by atoms with Gasteiger partial charge in [0.2, 0.25) is 5.91 Å². The summed E-state index contributed by atoms with van der Waals surface area (Å²) in [5.74, 6) is -0.281. The molecule has 0 unspecified atom stereocenters. The van der Waals surface area contributed by atoms with E-state index in [0.717, 1.165) is 6.42 Å². The Bertz CT molecular complexity index is 534. The molecule has 1 aromatic rings. The van der Waals surface area contributed by atoms with Crippen molar-refractivity contribution in [2.24, 2.45) is 11.7 Å². The molecular weight excluding hydrogens is 282 g/mol. The Morgan fingerprint density at radius 2 is 2.15 bits per heavy atom. The Labute approximate surface area is 122 Å². The molecule has 0 aromatic heterocycles. The number of nitrogens with two attached hydrogens (primary N) is 1. The summed E-state index contributed by atoms with van der Waals surface area (Å²) in [4.78, 5) is 22.2. The summed E-state index contributed by atoms with van der Waals surface area (Å²) >= 11 is 5.82. The Hall–Kier alpha value is -1.66. The lowest BCUT2D eigenvalue weighted by Crippen LogP contribution is -2.40. The molecule has 0 aliphatic carbocycles. The Kier molecular flexibility index (Phi) is 5.47. The second-order valence-electron chi connectivity index (χ2n) is 4.78. The first kappa shape index (κ1) is 16.4. The van der Waals surface area contributed by atoms with Crippen LogP contribution < -0.4 is 11.1 Å². The number of aryl methyl sites for hydroxylation is 1. The summed E-state index contributed by atoms with van der Waals surface area (Å²) in [5.41, 5.74) is 6.64. The van der Waals surface area contributed by atoms with Gasteiger partial charge in [-0.15, -0.1) is 0 Å². The maximum absolute atomic E-state index is 12.0. The van der Waals surface area contributed by atoms with Crippen molar-refractivity contribution >= 4 is 28.9 Å². The highest BCUT2D eigenvalue weighted by Crippen LogP contribution is 2.30. The maximum Gasteiger partial charge on any atom is 0.288 e. The zero-order valence-corrected chi connectivity index (χ0v) is 12.4. The number of nitrogens with one attached hydrogen (secondary N) is 1. The molecule has 0 radical (unpaired) electrons. The van der Waals surface area contributed by atoms with Crippen LogP contribution in [0.4, 0.5) is 11.4 Å². The van der Waals surface area contributed by atoms with Gasteiger partial charge in [0.1, 0.15) is 5.02 Å². The second kappa shape index (κ2) is 6.67. The lowest BCUT2D eigenvalue weighted by Gasteiger charge is -2.18. The van der Waals surface area contributed by atoms with Crippen molar-refractivity contribution in [3.05, 3.63) is 32.8 Å². The molecule has 1 rings (SSSR count). The lowest BCUT2D eigenvalue weighted by atomic mass is 9.99. The molecule has 0 bridgehead atoms. The van der Waals surface area contributed by atoms with Gasteiger partial charge in [0.05, 0.1) is 11.0 Å². The number of amides is 1. The number of carbonyl (C=O) groups is 1. The molecule has 3 N–H and O–H groups in total. The number of carbonyl (C=O) groups excluding carboxylic acids is 1. The van der Waals surface area contributed by atoms with E-state index in [0.29, 0.717) is 11.3 Å². The van der Waals surface area contributed by atoms with E-state index in [1.54, 1.807) is 6.92 Å². The first-order valence-corrected chi connectivity index (χ1v) is 6.66. The minimum Gasteiger partial charge on any atom is -0.324 e. The zero-order chi connectivity index (χ0) is 15.4. The van der Waals surface area contributed by atoms with Gasteiger partial charge < -0.3 is 11.1 Å². The highest BCUT2D eigenvalue weighted by atomic mass is 35.5.